The van der Waals surface area contributed by atoms with Crippen molar-refractivity contribution < 1.29 is 34.0 Å². The lowest BCUT2D eigenvalue weighted by molar-refractivity contribution is -0.351. The van der Waals surface area contributed by atoms with E-state index in [-0.39, 0.29) is 25.0 Å². The first kappa shape index (κ1) is 37.7. The van der Waals surface area contributed by atoms with E-state index in [1.54, 1.807) is 11.8 Å². The number of ether oxygens (including phenoxy) is 2. The first-order valence-electron chi connectivity index (χ1n) is 20.1. The van der Waals surface area contributed by atoms with Crippen LogP contribution in [0.5, 0.6) is 5.75 Å². The van der Waals surface area contributed by atoms with Crippen molar-refractivity contribution in [2.45, 2.75) is 36.6 Å². The molecule has 4 fully saturated rings. The van der Waals surface area contributed by atoms with Crippen LogP contribution < -0.4 is 19.5 Å². The van der Waals surface area contributed by atoms with Gasteiger partial charge in [0.2, 0.25) is 5.91 Å². The zero-order valence-corrected chi connectivity index (χ0v) is 34.6. The van der Waals surface area contributed by atoms with Gasteiger partial charge in [0.05, 0.1) is 18.7 Å². The number of nitrogens with one attached hydrogen (secondary N) is 1. The summed E-state index contributed by atoms with van der Waals surface area (Å²) >= 11 is 2.33. The lowest BCUT2D eigenvalue weighted by Crippen LogP contribution is -2.70. The number of halogens is 1. The van der Waals surface area contributed by atoms with Gasteiger partial charge in [0, 0.05) is 47.9 Å². The Hall–Kier alpha value is -5.57. The zero-order valence-electron chi connectivity index (χ0n) is 32.4. The van der Waals surface area contributed by atoms with Crippen LogP contribution >= 0.6 is 22.6 Å². The summed E-state index contributed by atoms with van der Waals surface area (Å²) in [4.78, 5) is 54.7. The van der Waals surface area contributed by atoms with Gasteiger partial charge in [-0.05, 0) is 93.9 Å². The highest BCUT2D eigenvalue weighted by Crippen LogP contribution is 2.66. The van der Waals surface area contributed by atoms with Crippen LogP contribution in [-0.2, 0) is 24.5 Å². The van der Waals surface area contributed by atoms with Crippen LogP contribution in [0, 0.1) is 9.49 Å². The fraction of sp³-hybridized carbons (Fsp3) is 0.277. The van der Waals surface area contributed by atoms with E-state index in [1.165, 1.54) is 0 Å². The SMILES string of the molecule is CC(=O)N1CCN(c2ccc(N3C(=O)[C@H]4[C@@H]5C(=O)O[C@@H](c6ccccc6)[C@@H](c6ccccc6)N5[C@@H](c5cccc(OCCO)c5)[C@]45C3=[NH+]c3ccc(I)cc35)cc2)CC1. The zero-order chi connectivity index (χ0) is 40.4. The topological polar surface area (TPSA) is 117 Å². The maximum Gasteiger partial charge on any atom is 0.325 e. The van der Waals surface area contributed by atoms with Gasteiger partial charge in [0.15, 0.2) is 0 Å². The molecule has 6 atom stereocenters. The van der Waals surface area contributed by atoms with E-state index < -0.39 is 41.5 Å². The Morgan fingerprint density at radius 1 is 0.814 bits per heavy atom. The Morgan fingerprint density at radius 2 is 1.49 bits per heavy atom. The molecule has 0 radical (unpaired) electrons. The highest BCUT2D eigenvalue weighted by Gasteiger charge is 2.81. The standard InChI is InChI=1S/C47H42IN5O6/c1-29(55)50-21-23-51(24-22-50)34-16-18-35(19-17-34)52-44(56)39-41-45(57)59-42(31-11-6-3-7-12-31)40(30-9-4-2-5-10-30)53(41)43(32-13-8-14-36(27-32)58-26-25-54)47(39)37-28-33(48)15-20-38(37)49-46(47)52/h2-20,27-28,39-43,54H,21-26H2,1H3/p+1/t39-,40-,41-,42+,43+,47-/m1/s1. The number of rotatable bonds is 8. The predicted octanol–water partition coefficient (Wildman–Crippen LogP) is 4.82. The van der Waals surface area contributed by atoms with Crippen molar-refractivity contribution in [1.82, 2.24) is 9.80 Å². The fourth-order valence-electron chi connectivity index (χ4n) is 10.3. The third kappa shape index (κ3) is 5.97. The number of anilines is 2. The van der Waals surface area contributed by atoms with Crippen molar-refractivity contribution in [3.8, 4) is 5.75 Å². The molecule has 10 rings (SSSR count). The van der Waals surface area contributed by atoms with Gasteiger partial charge in [0.25, 0.3) is 5.84 Å². The normalized spacial score (nSPS) is 25.8. The molecule has 11 nitrogen and oxygen atoms in total. The number of fused-ring (bicyclic) bond motifs is 3. The molecule has 0 bridgehead atoms. The number of carbonyl (C=O) groups excluding carboxylic acids is 3. The molecule has 2 amide bonds. The van der Waals surface area contributed by atoms with Crippen LogP contribution in [0.25, 0.3) is 0 Å². The molecule has 5 aliphatic rings. The minimum absolute atomic E-state index is 0.0811. The highest BCUT2D eigenvalue weighted by molar-refractivity contribution is 14.1. The molecule has 5 heterocycles. The summed E-state index contributed by atoms with van der Waals surface area (Å²) in [6.45, 7) is 4.33. The monoisotopic (exact) mass is 900 g/mol. The Balaban J connectivity index is 1.17. The number of cyclic esters (lactones) is 1. The summed E-state index contributed by atoms with van der Waals surface area (Å²) in [7, 11) is 0. The Labute approximate surface area is 356 Å². The second kappa shape index (κ2) is 14.9. The molecule has 5 aromatic carbocycles. The molecule has 0 unspecified atom stereocenters. The van der Waals surface area contributed by atoms with E-state index in [4.69, 9.17) is 9.47 Å². The number of hydrogen-bond donors (Lipinski definition) is 2. The summed E-state index contributed by atoms with van der Waals surface area (Å²) in [5.41, 5.74) is 5.16. The van der Waals surface area contributed by atoms with Gasteiger partial charge in [-0.25, -0.2) is 9.79 Å². The number of amides is 2. The predicted molar refractivity (Wildman–Crippen MR) is 230 cm³/mol. The van der Waals surface area contributed by atoms with Gasteiger partial charge in [-0.1, -0.05) is 72.8 Å². The Bertz CT molecular complexity index is 2480. The maximum absolute atomic E-state index is 15.7. The van der Waals surface area contributed by atoms with Crippen molar-refractivity contribution in [3.05, 3.63) is 153 Å². The van der Waals surface area contributed by atoms with Crippen molar-refractivity contribution in [2.24, 2.45) is 5.92 Å². The number of nitrogens with zero attached hydrogens (tertiary/aromatic N) is 4. The van der Waals surface area contributed by atoms with Crippen molar-refractivity contribution >= 4 is 63.3 Å². The largest absolute Gasteiger partial charge is 0.491 e. The number of benzene rings is 5. The highest BCUT2D eigenvalue weighted by atomic mass is 127. The summed E-state index contributed by atoms with van der Waals surface area (Å²) < 4.78 is 13.6. The molecule has 12 heteroatoms. The second-order valence-electron chi connectivity index (χ2n) is 15.8. The number of morpholine rings is 1. The summed E-state index contributed by atoms with van der Waals surface area (Å²) in [5, 5.41) is 9.70. The smallest absolute Gasteiger partial charge is 0.325 e. The summed E-state index contributed by atoms with van der Waals surface area (Å²) in [5.74, 6) is -0.140. The van der Waals surface area contributed by atoms with Crippen LogP contribution in [0.2, 0.25) is 0 Å². The molecule has 1 spiro atoms. The lowest BCUT2D eigenvalue weighted by Gasteiger charge is -2.46. The fourth-order valence-corrected chi connectivity index (χ4v) is 10.8. The first-order chi connectivity index (χ1) is 28.8. The number of aliphatic hydroxyl groups excluding tert-OH is 1. The number of aliphatic hydroxyl groups is 1. The average molecular weight is 901 g/mol. The molecule has 0 saturated carbocycles. The minimum Gasteiger partial charge on any atom is -0.491 e. The third-order valence-corrected chi connectivity index (χ3v) is 13.4. The Kier molecular flexibility index (Phi) is 9.53. The molecule has 59 heavy (non-hydrogen) atoms. The van der Waals surface area contributed by atoms with Crippen LogP contribution in [0.4, 0.5) is 17.1 Å². The van der Waals surface area contributed by atoms with Crippen LogP contribution in [0.1, 0.15) is 47.4 Å². The van der Waals surface area contributed by atoms with Gasteiger partial charge in [-0.3, -0.25) is 14.5 Å². The summed E-state index contributed by atoms with van der Waals surface area (Å²) in [6.07, 6.45) is -0.668. The van der Waals surface area contributed by atoms with Crippen LogP contribution in [0.3, 0.4) is 0 Å². The first-order valence-corrected chi connectivity index (χ1v) is 21.2. The van der Waals surface area contributed by atoms with Crippen LogP contribution in [0.15, 0.2) is 127 Å². The van der Waals surface area contributed by atoms with Gasteiger partial charge in [-0.15, -0.1) is 0 Å². The third-order valence-electron chi connectivity index (χ3n) is 12.7. The molecule has 4 saturated heterocycles. The second-order valence-corrected chi connectivity index (χ2v) is 17.0. The molecular formula is C47H43IN5O6+. The van der Waals surface area contributed by atoms with E-state index in [0.29, 0.717) is 43.5 Å². The van der Waals surface area contributed by atoms with Gasteiger partial charge in [0.1, 0.15) is 47.2 Å². The number of carbonyl (C=O) groups is 3. The molecule has 5 aliphatic heterocycles. The molecule has 2 N–H and O–H groups in total. The maximum atomic E-state index is 15.7. The van der Waals surface area contributed by atoms with E-state index in [0.717, 1.165) is 37.2 Å². The lowest BCUT2D eigenvalue weighted by atomic mass is 9.67. The van der Waals surface area contributed by atoms with Gasteiger partial charge >= 0.3 is 11.9 Å². The van der Waals surface area contributed by atoms with Crippen LogP contribution in [-0.4, -0.2) is 84.0 Å². The molecule has 5 aromatic rings. The van der Waals surface area contributed by atoms with Gasteiger partial charge in [-0.2, -0.15) is 4.90 Å². The summed E-state index contributed by atoms with van der Waals surface area (Å²) in [6, 6.07) is 40.2. The van der Waals surface area contributed by atoms with E-state index in [1.807, 2.05) is 95.9 Å². The molecule has 0 aromatic heterocycles. The Morgan fingerprint density at radius 3 is 2.19 bits per heavy atom. The van der Waals surface area contributed by atoms with E-state index in [2.05, 4.69) is 73.8 Å². The van der Waals surface area contributed by atoms with E-state index >= 15 is 9.59 Å². The average Bonchev–Trinajstić information content (AvgIpc) is 3.84. The molecule has 298 valence electrons. The number of amidine groups is 1. The molecule has 0 aliphatic carbocycles. The quantitative estimate of drug-likeness (QED) is 0.169. The number of piperazine rings is 1. The molecular weight excluding hydrogens is 857 g/mol. The van der Waals surface area contributed by atoms with Gasteiger partial charge < -0.3 is 24.4 Å². The van der Waals surface area contributed by atoms with Crippen molar-refractivity contribution in [2.75, 3.05) is 49.2 Å². The minimum atomic E-state index is -1.06. The number of esters is 1. The van der Waals surface area contributed by atoms with E-state index in [9.17, 15) is 9.90 Å². The van der Waals surface area contributed by atoms with Crippen molar-refractivity contribution in [1.29, 1.82) is 0 Å². The number of hydrogen-bond acceptors (Lipinski definition) is 8. The van der Waals surface area contributed by atoms with Crippen molar-refractivity contribution in [3.63, 3.8) is 0 Å².